The number of pyridine rings is 1. The van der Waals surface area contributed by atoms with Gasteiger partial charge in [0.1, 0.15) is 0 Å². The maximum atomic E-state index is 4.80. The lowest BCUT2D eigenvalue weighted by Gasteiger charge is -2.41. The van der Waals surface area contributed by atoms with Crippen LogP contribution in [0.25, 0.3) is 110 Å². The van der Waals surface area contributed by atoms with Crippen LogP contribution in [0.15, 0.2) is 243 Å². The average Bonchev–Trinajstić information content (AvgIpc) is 4.20. The van der Waals surface area contributed by atoms with Gasteiger partial charge in [0.05, 0.1) is 78.8 Å². The van der Waals surface area contributed by atoms with E-state index in [0.717, 1.165) is 61.9 Å². The molecule has 6 nitrogen and oxygen atoms in total. The summed E-state index contributed by atoms with van der Waals surface area (Å²) in [5.41, 5.74) is 19.3. The first-order valence-corrected chi connectivity index (χ1v) is 25.5. The maximum absolute atomic E-state index is 4.80. The van der Waals surface area contributed by atoms with Gasteiger partial charge in [-0.2, -0.15) is 0 Å². The quantitative estimate of drug-likeness (QED) is 0.172. The van der Waals surface area contributed by atoms with E-state index in [1.165, 1.54) is 76.3 Å². The van der Waals surface area contributed by atoms with Gasteiger partial charge in [0, 0.05) is 66.1 Å². The second kappa shape index (κ2) is 15.2. The van der Waals surface area contributed by atoms with E-state index < -0.39 is 0 Å². The molecule has 1 aliphatic heterocycles. The van der Waals surface area contributed by atoms with Gasteiger partial charge in [-0.1, -0.05) is 141 Å². The highest BCUT2D eigenvalue weighted by Gasteiger charge is 2.37. The molecular formula is C68H46N6. The highest BCUT2D eigenvalue weighted by atomic mass is 15.2. The van der Waals surface area contributed by atoms with Crippen LogP contribution in [0.4, 0.5) is 17.1 Å². The van der Waals surface area contributed by atoms with Crippen LogP contribution in [-0.2, 0) is 5.41 Å². The molecule has 0 saturated heterocycles. The Morgan fingerprint density at radius 1 is 0.284 bits per heavy atom. The van der Waals surface area contributed by atoms with Crippen molar-refractivity contribution in [1.82, 2.24) is 23.3 Å². The van der Waals surface area contributed by atoms with Crippen LogP contribution >= 0.6 is 0 Å². The Kier molecular flexibility index (Phi) is 8.42. The van der Waals surface area contributed by atoms with Crippen LogP contribution in [0.3, 0.4) is 0 Å². The molecule has 0 N–H and O–H groups in total. The first kappa shape index (κ1) is 41.0. The van der Waals surface area contributed by atoms with E-state index in [4.69, 9.17) is 4.98 Å². The SMILES string of the molecule is CC1(C)c2ccccc2N(c2cc(-n3c4ccccc4c4cc(-n5c6ccccc6c6ccccc65)ccc43)cc(-n3c4ccccc4c4cc(-n5c6ccccc6c6ccccc65)ccc43)c2)c2cnccc21. The Bertz CT molecular complexity index is 4440. The van der Waals surface area contributed by atoms with Crippen LogP contribution in [0.2, 0.25) is 0 Å². The van der Waals surface area contributed by atoms with Crippen molar-refractivity contribution >= 4 is 104 Å². The van der Waals surface area contributed by atoms with Gasteiger partial charge in [0.2, 0.25) is 0 Å². The van der Waals surface area contributed by atoms with Crippen LogP contribution in [0, 0.1) is 0 Å². The van der Waals surface area contributed by atoms with Crippen LogP contribution in [0.1, 0.15) is 25.0 Å². The van der Waals surface area contributed by atoms with Crippen molar-refractivity contribution in [2.45, 2.75) is 19.3 Å². The Labute approximate surface area is 426 Å². The molecule has 0 fully saturated rings. The van der Waals surface area contributed by atoms with Gasteiger partial charge in [-0.05, 0) is 114 Å². The predicted molar refractivity (Wildman–Crippen MR) is 308 cm³/mol. The van der Waals surface area contributed by atoms with Crippen LogP contribution in [0.5, 0.6) is 0 Å². The summed E-state index contributed by atoms with van der Waals surface area (Å²) in [6.07, 6.45) is 3.98. The lowest BCUT2D eigenvalue weighted by atomic mass is 9.74. The molecule has 0 atom stereocenters. The fraction of sp³-hybridized carbons (Fsp3) is 0.0441. The minimum atomic E-state index is -0.242. The summed E-state index contributed by atoms with van der Waals surface area (Å²) in [6.45, 7) is 4.67. The zero-order chi connectivity index (χ0) is 48.8. The zero-order valence-electron chi connectivity index (χ0n) is 40.8. The molecule has 0 spiro atoms. The molecule has 0 amide bonds. The summed E-state index contributed by atoms with van der Waals surface area (Å²) >= 11 is 0. The van der Waals surface area contributed by atoms with E-state index in [-0.39, 0.29) is 5.41 Å². The average molecular weight is 947 g/mol. The molecule has 5 aromatic heterocycles. The van der Waals surface area contributed by atoms with E-state index in [2.05, 4.69) is 268 Å². The van der Waals surface area contributed by atoms with Crippen LogP contribution < -0.4 is 4.90 Å². The number of benzene rings is 10. The van der Waals surface area contributed by atoms with Crippen molar-refractivity contribution in [3.8, 4) is 22.7 Å². The first-order chi connectivity index (χ1) is 36.5. The number of nitrogens with zero attached hydrogens (tertiary/aromatic N) is 6. The number of para-hydroxylation sites is 7. The molecule has 0 radical (unpaired) electrons. The molecule has 1 aliphatic rings. The van der Waals surface area contributed by atoms with Gasteiger partial charge < -0.3 is 23.2 Å². The maximum Gasteiger partial charge on any atom is 0.0685 e. The van der Waals surface area contributed by atoms with E-state index in [1.54, 1.807) is 0 Å². The molecular weight excluding hydrogens is 901 g/mol. The molecule has 16 rings (SSSR count). The minimum absolute atomic E-state index is 0.242. The largest absolute Gasteiger partial charge is 0.309 e. The fourth-order valence-electron chi connectivity index (χ4n) is 13.0. The Morgan fingerprint density at radius 2 is 0.622 bits per heavy atom. The van der Waals surface area contributed by atoms with Crippen molar-refractivity contribution in [1.29, 1.82) is 0 Å². The monoisotopic (exact) mass is 946 g/mol. The topological polar surface area (TPSA) is 35.9 Å². The highest BCUT2D eigenvalue weighted by Crippen LogP contribution is 2.52. The summed E-state index contributed by atoms with van der Waals surface area (Å²) < 4.78 is 9.80. The third-order valence-corrected chi connectivity index (χ3v) is 16.2. The molecule has 6 heteroatoms. The second-order valence-corrected chi connectivity index (χ2v) is 20.4. The molecule has 15 aromatic rings. The van der Waals surface area contributed by atoms with E-state index >= 15 is 0 Å². The lowest BCUT2D eigenvalue weighted by molar-refractivity contribution is 0.630. The molecule has 74 heavy (non-hydrogen) atoms. The summed E-state index contributed by atoms with van der Waals surface area (Å²) in [5.74, 6) is 0. The van der Waals surface area contributed by atoms with Crippen molar-refractivity contribution in [3.63, 3.8) is 0 Å². The third-order valence-electron chi connectivity index (χ3n) is 16.2. The van der Waals surface area contributed by atoms with Crippen molar-refractivity contribution < 1.29 is 0 Å². The molecule has 0 bridgehead atoms. The van der Waals surface area contributed by atoms with Gasteiger partial charge >= 0.3 is 0 Å². The Morgan fingerprint density at radius 3 is 1.07 bits per heavy atom. The second-order valence-electron chi connectivity index (χ2n) is 20.4. The Hall–Kier alpha value is -9.65. The number of hydrogen-bond acceptors (Lipinski definition) is 2. The molecule has 348 valence electrons. The third kappa shape index (κ3) is 5.62. The summed E-state index contributed by atoms with van der Waals surface area (Å²) in [6, 6.07) is 85.1. The lowest BCUT2D eigenvalue weighted by Crippen LogP contribution is -2.30. The van der Waals surface area contributed by atoms with Gasteiger partial charge in [-0.25, -0.2) is 0 Å². The van der Waals surface area contributed by atoms with Gasteiger partial charge in [-0.15, -0.1) is 0 Å². The zero-order valence-corrected chi connectivity index (χ0v) is 40.8. The van der Waals surface area contributed by atoms with Gasteiger partial charge in [0.25, 0.3) is 0 Å². The number of hydrogen-bond donors (Lipinski definition) is 0. The minimum Gasteiger partial charge on any atom is -0.309 e. The summed E-state index contributed by atoms with van der Waals surface area (Å²) in [7, 11) is 0. The van der Waals surface area contributed by atoms with Gasteiger partial charge in [0.15, 0.2) is 0 Å². The van der Waals surface area contributed by atoms with Gasteiger partial charge in [-0.3, -0.25) is 4.98 Å². The number of aromatic nitrogens is 5. The van der Waals surface area contributed by atoms with E-state index in [1.807, 2.05) is 12.4 Å². The van der Waals surface area contributed by atoms with Crippen LogP contribution in [-0.4, -0.2) is 23.3 Å². The predicted octanol–water partition coefficient (Wildman–Crippen LogP) is 17.6. The smallest absolute Gasteiger partial charge is 0.0685 e. The molecule has 0 saturated carbocycles. The van der Waals surface area contributed by atoms with E-state index in [0.29, 0.717) is 0 Å². The normalized spacial score (nSPS) is 13.4. The number of anilines is 3. The fourth-order valence-corrected chi connectivity index (χ4v) is 13.0. The Balaban J connectivity index is 0.976. The first-order valence-electron chi connectivity index (χ1n) is 25.5. The number of rotatable bonds is 5. The molecule has 0 aliphatic carbocycles. The number of fused-ring (bicyclic) bond motifs is 14. The summed E-state index contributed by atoms with van der Waals surface area (Å²) in [5, 5.41) is 9.80. The van der Waals surface area contributed by atoms with Crippen molar-refractivity contribution in [2.75, 3.05) is 4.90 Å². The highest BCUT2D eigenvalue weighted by molar-refractivity contribution is 6.14. The van der Waals surface area contributed by atoms with Crippen molar-refractivity contribution in [3.05, 3.63) is 254 Å². The van der Waals surface area contributed by atoms with Crippen molar-refractivity contribution in [2.24, 2.45) is 0 Å². The standard InChI is InChI=1S/C68H46N6/c1-68(2)56-23-9-16-30-66(56)74(67-42-69-36-35-57(67)68)47-38-45(72-62-28-14-7-21-52(62)54-40-43(31-33-64(54)72)70-58-24-10-3-17-48(58)49-18-4-11-25-59(49)70)37-46(39-47)73-63-29-15-8-22-53(63)55-41-44(32-34-65(55)73)71-60-26-12-5-19-50(60)51-20-6-13-27-61(51)71/h3-42H,1-2H3. The molecule has 10 aromatic carbocycles. The molecule has 6 heterocycles. The summed E-state index contributed by atoms with van der Waals surface area (Å²) in [4.78, 5) is 7.24. The molecule has 0 unspecified atom stereocenters. The van der Waals surface area contributed by atoms with E-state index in [9.17, 15) is 0 Å².